The van der Waals surface area contributed by atoms with Gasteiger partial charge in [0.15, 0.2) is 0 Å². The molecule has 0 spiro atoms. The Labute approximate surface area is 163 Å². The maximum Gasteiger partial charge on any atom is 0.142 e. The van der Waals surface area contributed by atoms with Crippen LogP contribution in [0.2, 0.25) is 0 Å². The summed E-state index contributed by atoms with van der Waals surface area (Å²) in [4.78, 5) is 6.43. The van der Waals surface area contributed by atoms with Gasteiger partial charge in [-0.15, -0.1) is 0 Å². The number of phenols is 2. The number of nitrogen functional groups attached to an aromatic ring is 1. The van der Waals surface area contributed by atoms with Crippen molar-refractivity contribution in [3.8, 4) is 40.0 Å². The molecular weight excluding hydrogens is 352 g/mol. The molecule has 1 aromatic heterocycles. The van der Waals surface area contributed by atoms with Gasteiger partial charge in [-0.25, -0.2) is 4.98 Å². The van der Waals surface area contributed by atoms with E-state index in [1.807, 2.05) is 31.1 Å². The molecule has 0 saturated carbocycles. The molecule has 0 atom stereocenters. The van der Waals surface area contributed by atoms with Crippen molar-refractivity contribution in [1.29, 1.82) is 5.26 Å². The third-order valence-electron chi connectivity index (χ3n) is 5.05. The van der Waals surface area contributed by atoms with E-state index in [1.165, 1.54) is 0 Å². The Kier molecular flexibility index (Phi) is 4.17. The van der Waals surface area contributed by atoms with Gasteiger partial charge in [0.05, 0.1) is 5.69 Å². The molecule has 4 N–H and O–H groups in total. The van der Waals surface area contributed by atoms with Gasteiger partial charge in [-0.2, -0.15) is 5.26 Å². The van der Waals surface area contributed by atoms with E-state index in [-0.39, 0.29) is 17.3 Å². The molecule has 0 amide bonds. The fourth-order valence-electron chi connectivity index (χ4n) is 3.84. The van der Waals surface area contributed by atoms with E-state index in [2.05, 4.69) is 11.1 Å². The topological polar surface area (TPSA) is 106 Å². The van der Waals surface area contributed by atoms with Crippen LogP contribution in [0, 0.1) is 11.3 Å². The number of aromatic nitrogens is 1. The number of anilines is 1. The normalized spacial score (nSPS) is 11.9. The van der Waals surface area contributed by atoms with Gasteiger partial charge in [0, 0.05) is 35.2 Å². The summed E-state index contributed by atoms with van der Waals surface area (Å²) >= 11 is 0. The van der Waals surface area contributed by atoms with E-state index >= 15 is 0 Å². The van der Waals surface area contributed by atoms with Gasteiger partial charge in [-0.1, -0.05) is 18.2 Å². The molecule has 1 aliphatic carbocycles. The van der Waals surface area contributed by atoms with Gasteiger partial charge in [-0.05, 0) is 43.4 Å². The molecule has 0 unspecified atom stereocenters. The molecule has 0 fully saturated rings. The predicted molar refractivity (Wildman–Crippen MR) is 108 cm³/mol. The summed E-state index contributed by atoms with van der Waals surface area (Å²) in [5, 5.41) is 30.3. The van der Waals surface area contributed by atoms with E-state index in [9.17, 15) is 15.5 Å². The molecule has 1 aliphatic rings. The monoisotopic (exact) mass is 372 g/mol. The minimum absolute atomic E-state index is 0.162. The van der Waals surface area contributed by atoms with Crippen molar-refractivity contribution >= 4 is 5.82 Å². The smallest absolute Gasteiger partial charge is 0.142 e. The minimum atomic E-state index is 0.162. The summed E-state index contributed by atoms with van der Waals surface area (Å²) in [6, 6.07) is 12.8. The number of nitrogens with zero attached hydrogens (tertiary/aromatic N) is 3. The molecule has 4 rings (SSSR count). The number of fused-ring (bicyclic) bond motifs is 3. The molecule has 0 saturated heterocycles. The molecule has 2 aromatic carbocycles. The number of nitriles is 1. The van der Waals surface area contributed by atoms with Gasteiger partial charge in [0.1, 0.15) is 28.9 Å². The average molecular weight is 372 g/mol. The largest absolute Gasteiger partial charge is 0.508 e. The van der Waals surface area contributed by atoms with Crippen LogP contribution in [0.3, 0.4) is 0 Å². The first-order valence-electron chi connectivity index (χ1n) is 8.91. The molecule has 3 aromatic rings. The minimum Gasteiger partial charge on any atom is -0.508 e. The zero-order valence-electron chi connectivity index (χ0n) is 15.7. The summed E-state index contributed by atoms with van der Waals surface area (Å²) in [6.45, 7) is 0.561. The van der Waals surface area contributed by atoms with Crippen molar-refractivity contribution in [2.45, 2.75) is 13.0 Å². The van der Waals surface area contributed by atoms with Crippen LogP contribution in [0.4, 0.5) is 5.82 Å². The molecule has 6 nitrogen and oxygen atoms in total. The van der Waals surface area contributed by atoms with Crippen molar-refractivity contribution in [2.75, 3.05) is 19.8 Å². The van der Waals surface area contributed by atoms with Gasteiger partial charge in [0.2, 0.25) is 0 Å². The lowest BCUT2D eigenvalue weighted by atomic mass is 9.92. The highest BCUT2D eigenvalue weighted by Crippen LogP contribution is 2.46. The Bertz CT molecular complexity index is 1150. The summed E-state index contributed by atoms with van der Waals surface area (Å²) in [5.41, 5.74) is 11.9. The van der Waals surface area contributed by atoms with Gasteiger partial charge in [0.25, 0.3) is 0 Å². The standard InChI is InChI=1S/C22H20N4O2/c1-26(2)11-13-8-12(6-7-18(13)27)20-16-9-15-14(4-3-5-19(15)28)21(16)25-22(24)17(20)10-23/h3-8,27-28H,9,11H2,1-2H3,(H2,24,25). The second-order valence-electron chi connectivity index (χ2n) is 7.25. The molecule has 28 heavy (non-hydrogen) atoms. The van der Waals surface area contributed by atoms with Crippen molar-refractivity contribution in [1.82, 2.24) is 9.88 Å². The Morgan fingerprint density at radius 2 is 1.93 bits per heavy atom. The number of hydrogen-bond donors (Lipinski definition) is 3. The fourth-order valence-corrected chi connectivity index (χ4v) is 3.84. The van der Waals surface area contributed by atoms with Crippen LogP contribution in [0.15, 0.2) is 36.4 Å². The highest BCUT2D eigenvalue weighted by atomic mass is 16.3. The summed E-state index contributed by atoms with van der Waals surface area (Å²) in [6.07, 6.45) is 0.471. The SMILES string of the molecule is CN(C)Cc1cc(-c2c(C#N)c(N)nc3c2Cc2c(O)cccc2-3)ccc1O. The highest BCUT2D eigenvalue weighted by molar-refractivity contribution is 5.89. The van der Waals surface area contributed by atoms with Crippen LogP contribution in [-0.4, -0.2) is 34.2 Å². The number of rotatable bonds is 3. The lowest BCUT2D eigenvalue weighted by Crippen LogP contribution is -2.11. The van der Waals surface area contributed by atoms with Crippen LogP contribution >= 0.6 is 0 Å². The maximum absolute atomic E-state index is 10.3. The van der Waals surface area contributed by atoms with Crippen LogP contribution in [-0.2, 0) is 13.0 Å². The van der Waals surface area contributed by atoms with Crippen LogP contribution in [0.1, 0.15) is 22.3 Å². The van der Waals surface area contributed by atoms with E-state index < -0.39 is 0 Å². The lowest BCUT2D eigenvalue weighted by molar-refractivity contribution is 0.386. The maximum atomic E-state index is 10.3. The number of pyridine rings is 1. The van der Waals surface area contributed by atoms with Crippen molar-refractivity contribution < 1.29 is 10.2 Å². The van der Waals surface area contributed by atoms with Gasteiger partial charge >= 0.3 is 0 Å². The van der Waals surface area contributed by atoms with Crippen molar-refractivity contribution in [2.24, 2.45) is 0 Å². The van der Waals surface area contributed by atoms with Crippen LogP contribution in [0.5, 0.6) is 11.5 Å². The van der Waals surface area contributed by atoms with E-state index in [4.69, 9.17) is 5.73 Å². The molecule has 140 valence electrons. The van der Waals surface area contributed by atoms with Gasteiger partial charge in [-0.3, -0.25) is 0 Å². The third kappa shape index (κ3) is 2.73. The first-order chi connectivity index (χ1) is 13.4. The van der Waals surface area contributed by atoms with Crippen molar-refractivity contribution in [3.63, 3.8) is 0 Å². The Balaban J connectivity index is 1.98. The van der Waals surface area contributed by atoms with E-state index in [0.29, 0.717) is 29.8 Å². The average Bonchev–Trinajstić information content (AvgIpc) is 3.02. The summed E-state index contributed by atoms with van der Waals surface area (Å²) in [7, 11) is 3.85. The number of phenolic OH excluding ortho intramolecular Hbond substituents is 2. The fraction of sp³-hybridized carbons (Fsp3) is 0.182. The Hall–Kier alpha value is -3.56. The third-order valence-corrected chi connectivity index (χ3v) is 5.05. The summed E-state index contributed by atoms with van der Waals surface area (Å²) in [5.74, 6) is 0.572. The molecule has 1 heterocycles. The Morgan fingerprint density at radius 1 is 1.14 bits per heavy atom. The number of benzene rings is 2. The molecular formula is C22H20N4O2. The molecule has 0 aliphatic heterocycles. The van der Waals surface area contributed by atoms with Crippen LogP contribution in [0.25, 0.3) is 22.4 Å². The Morgan fingerprint density at radius 3 is 2.64 bits per heavy atom. The summed E-state index contributed by atoms with van der Waals surface area (Å²) < 4.78 is 0. The van der Waals surface area contributed by atoms with E-state index in [1.54, 1.807) is 24.3 Å². The molecule has 0 radical (unpaired) electrons. The number of nitrogens with two attached hydrogens (primary N) is 1. The quantitative estimate of drug-likeness (QED) is 0.510. The molecule has 0 bridgehead atoms. The molecule has 6 heteroatoms. The van der Waals surface area contributed by atoms with Crippen LogP contribution < -0.4 is 5.73 Å². The second-order valence-corrected chi connectivity index (χ2v) is 7.25. The first kappa shape index (κ1) is 17.8. The van der Waals surface area contributed by atoms with Gasteiger partial charge < -0.3 is 20.8 Å². The number of hydrogen-bond acceptors (Lipinski definition) is 6. The highest BCUT2D eigenvalue weighted by Gasteiger charge is 2.29. The predicted octanol–water partition coefficient (Wildman–Crippen LogP) is 3.25. The second kappa shape index (κ2) is 6.55. The number of aromatic hydroxyl groups is 2. The lowest BCUT2D eigenvalue weighted by Gasteiger charge is -2.16. The zero-order valence-corrected chi connectivity index (χ0v) is 15.7. The van der Waals surface area contributed by atoms with E-state index in [0.717, 1.165) is 27.8 Å². The first-order valence-corrected chi connectivity index (χ1v) is 8.91. The zero-order chi connectivity index (χ0) is 20.0. The van der Waals surface area contributed by atoms with Crippen molar-refractivity contribution in [3.05, 3.63) is 58.7 Å².